The standard InChI is InChI=1S/C12H13Cl2NO3/c13-9-2-1-8(7-10(9)14)12(18)3-5-15(6-4-12)11(16)17/h1-2,7,18H,3-6H2,(H,16,17). The van der Waals surface area contributed by atoms with Crippen LogP contribution in [0.15, 0.2) is 18.2 Å². The van der Waals surface area contributed by atoms with Gasteiger partial charge in [0.15, 0.2) is 0 Å². The van der Waals surface area contributed by atoms with Crippen molar-refractivity contribution in [1.82, 2.24) is 4.90 Å². The summed E-state index contributed by atoms with van der Waals surface area (Å²) in [5, 5.41) is 20.2. The Balaban J connectivity index is 2.18. The van der Waals surface area contributed by atoms with Crippen LogP contribution in [-0.4, -0.2) is 34.3 Å². The lowest BCUT2D eigenvalue weighted by Gasteiger charge is -2.37. The third-order valence-corrected chi connectivity index (χ3v) is 4.06. The van der Waals surface area contributed by atoms with E-state index < -0.39 is 11.7 Å². The van der Waals surface area contributed by atoms with E-state index in [1.807, 2.05) is 0 Å². The second kappa shape index (κ2) is 4.96. The molecule has 2 N–H and O–H groups in total. The minimum Gasteiger partial charge on any atom is -0.465 e. The van der Waals surface area contributed by atoms with Crippen LogP contribution in [0.4, 0.5) is 4.79 Å². The van der Waals surface area contributed by atoms with E-state index in [4.69, 9.17) is 28.3 Å². The van der Waals surface area contributed by atoms with Crippen molar-refractivity contribution in [3.05, 3.63) is 33.8 Å². The molecule has 0 bridgehead atoms. The van der Waals surface area contributed by atoms with Crippen molar-refractivity contribution >= 4 is 29.3 Å². The fraction of sp³-hybridized carbons (Fsp3) is 0.417. The van der Waals surface area contributed by atoms with Crippen molar-refractivity contribution in [3.63, 3.8) is 0 Å². The molecule has 0 aromatic heterocycles. The summed E-state index contributed by atoms with van der Waals surface area (Å²) in [4.78, 5) is 12.1. The molecule has 0 saturated carbocycles. The summed E-state index contributed by atoms with van der Waals surface area (Å²) >= 11 is 11.8. The molecule has 4 nitrogen and oxygen atoms in total. The van der Waals surface area contributed by atoms with Crippen LogP contribution in [0, 0.1) is 0 Å². The summed E-state index contributed by atoms with van der Waals surface area (Å²) in [5.74, 6) is 0. The Hall–Kier alpha value is -0.970. The van der Waals surface area contributed by atoms with Gasteiger partial charge < -0.3 is 15.1 Å². The molecule has 98 valence electrons. The average molecular weight is 290 g/mol. The number of rotatable bonds is 1. The lowest BCUT2D eigenvalue weighted by atomic mass is 9.84. The molecule has 0 spiro atoms. The van der Waals surface area contributed by atoms with Crippen LogP contribution >= 0.6 is 23.2 Å². The molecular weight excluding hydrogens is 277 g/mol. The number of benzene rings is 1. The number of halogens is 2. The lowest BCUT2D eigenvalue weighted by Crippen LogP contribution is -2.44. The van der Waals surface area contributed by atoms with Gasteiger partial charge in [-0.2, -0.15) is 0 Å². The third-order valence-electron chi connectivity index (χ3n) is 3.32. The molecule has 0 radical (unpaired) electrons. The van der Waals surface area contributed by atoms with Crippen molar-refractivity contribution in [1.29, 1.82) is 0 Å². The molecule has 18 heavy (non-hydrogen) atoms. The van der Waals surface area contributed by atoms with Crippen LogP contribution in [0.25, 0.3) is 0 Å². The number of carbonyl (C=O) groups is 1. The number of amides is 1. The molecular formula is C12H13Cl2NO3. The zero-order chi connectivity index (χ0) is 13.3. The average Bonchev–Trinajstić information content (AvgIpc) is 2.33. The van der Waals surface area contributed by atoms with Crippen molar-refractivity contribution in [3.8, 4) is 0 Å². The normalized spacial score (nSPS) is 18.7. The van der Waals surface area contributed by atoms with Crippen LogP contribution in [-0.2, 0) is 5.60 Å². The quantitative estimate of drug-likeness (QED) is 0.836. The van der Waals surface area contributed by atoms with Crippen LogP contribution in [0.5, 0.6) is 0 Å². The van der Waals surface area contributed by atoms with Gasteiger partial charge in [0.05, 0.1) is 15.6 Å². The molecule has 0 atom stereocenters. The molecule has 1 heterocycles. The summed E-state index contributed by atoms with van der Waals surface area (Å²) in [5.41, 5.74) is -0.345. The van der Waals surface area contributed by atoms with Gasteiger partial charge in [-0.3, -0.25) is 0 Å². The lowest BCUT2D eigenvalue weighted by molar-refractivity contribution is -0.0213. The van der Waals surface area contributed by atoms with E-state index >= 15 is 0 Å². The molecule has 1 saturated heterocycles. The molecule has 0 aliphatic carbocycles. The predicted octanol–water partition coefficient (Wildman–Crippen LogP) is 2.95. The summed E-state index contributed by atoms with van der Waals surface area (Å²) in [6, 6.07) is 5.01. The number of nitrogens with zero attached hydrogens (tertiary/aromatic N) is 1. The van der Waals surface area contributed by atoms with Crippen LogP contribution in [0.2, 0.25) is 10.0 Å². The highest BCUT2D eigenvalue weighted by Gasteiger charge is 2.35. The van der Waals surface area contributed by atoms with Gasteiger partial charge in [0.2, 0.25) is 0 Å². The molecule has 1 aromatic rings. The first-order valence-electron chi connectivity index (χ1n) is 5.58. The largest absolute Gasteiger partial charge is 0.465 e. The topological polar surface area (TPSA) is 60.8 Å². The van der Waals surface area contributed by atoms with Crippen molar-refractivity contribution < 1.29 is 15.0 Å². The number of carboxylic acid groups (broad SMARTS) is 1. The van der Waals surface area contributed by atoms with Gasteiger partial charge in [-0.25, -0.2) is 4.79 Å². The smallest absolute Gasteiger partial charge is 0.407 e. The van der Waals surface area contributed by atoms with E-state index in [1.165, 1.54) is 4.90 Å². The maximum Gasteiger partial charge on any atom is 0.407 e. The van der Waals surface area contributed by atoms with Gasteiger partial charge in [0.25, 0.3) is 0 Å². The number of hydrogen-bond acceptors (Lipinski definition) is 2. The van der Waals surface area contributed by atoms with Gasteiger partial charge in [-0.15, -0.1) is 0 Å². The second-order valence-electron chi connectivity index (χ2n) is 4.43. The molecule has 2 rings (SSSR count). The monoisotopic (exact) mass is 289 g/mol. The van der Waals surface area contributed by atoms with E-state index in [1.54, 1.807) is 18.2 Å². The van der Waals surface area contributed by atoms with E-state index in [0.717, 1.165) is 0 Å². The Bertz CT molecular complexity index is 470. The summed E-state index contributed by atoms with van der Waals surface area (Å²) in [7, 11) is 0. The maximum absolute atomic E-state index is 10.8. The highest BCUT2D eigenvalue weighted by Crippen LogP contribution is 2.35. The van der Waals surface area contributed by atoms with Crippen molar-refractivity contribution in [2.45, 2.75) is 18.4 Å². The second-order valence-corrected chi connectivity index (χ2v) is 5.24. The molecule has 1 aliphatic heterocycles. The minimum absolute atomic E-state index is 0.312. The predicted molar refractivity (Wildman–Crippen MR) is 69.2 cm³/mol. The molecule has 1 aliphatic rings. The first-order valence-corrected chi connectivity index (χ1v) is 6.34. The minimum atomic E-state index is -1.03. The Kier molecular flexibility index (Phi) is 3.71. The zero-order valence-electron chi connectivity index (χ0n) is 9.57. The molecule has 1 aromatic carbocycles. The molecule has 6 heteroatoms. The maximum atomic E-state index is 10.8. The van der Waals surface area contributed by atoms with Gasteiger partial charge in [-0.05, 0) is 30.5 Å². The first kappa shape index (κ1) is 13.5. The van der Waals surface area contributed by atoms with E-state index in [-0.39, 0.29) is 0 Å². The number of likely N-dealkylation sites (tertiary alicyclic amines) is 1. The van der Waals surface area contributed by atoms with Gasteiger partial charge in [0.1, 0.15) is 0 Å². The summed E-state index contributed by atoms with van der Waals surface area (Å²) < 4.78 is 0. The summed E-state index contributed by atoms with van der Waals surface area (Å²) in [6.07, 6.45) is -0.236. The SMILES string of the molecule is O=C(O)N1CCC(O)(c2ccc(Cl)c(Cl)c2)CC1. The Morgan fingerprint density at radius 3 is 2.33 bits per heavy atom. The highest BCUT2D eigenvalue weighted by atomic mass is 35.5. The molecule has 1 amide bonds. The Morgan fingerprint density at radius 1 is 1.22 bits per heavy atom. The number of aliphatic hydroxyl groups is 1. The number of piperidine rings is 1. The molecule has 1 fully saturated rings. The van der Waals surface area contributed by atoms with E-state index in [9.17, 15) is 9.90 Å². The van der Waals surface area contributed by atoms with Crippen molar-refractivity contribution in [2.75, 3.05) is 13.1 Å². The Labute approximate surface area is 115 Å². The van der Waals surface area contributed by atoms with Gasteiger partial charge in [-0.1, -0.05) is 29.3 Å². The first-order chi connectivity index (χ1) is 8.42. The third kappa shape index (κ3) is 2.55. The van der Waals surface area contributed by atoms with Crippen LogP contribution in [0.3, 0.4) is 0 Å². The van der Waals surface area contributed by atoms with Crippen molar-refractivity contribution in [2.24, 2.45) is 0 Å². The van der Waals surface area contributed by atoms with E-state index in [2.05, 4.69) is 0 Å². The Morgan fingerprint density at radius 2 is 1.83 bits per heavy atom. The summed E-state index contributed by atoms with van der Waals surface area (Å²) in [6.45, 7) is 0.623. The van der Waals surface area contributed by atoms with Crippen LogP contribution < -0.4 is 0 Å². The fourth-order valence-corrected chi connectivity index (χ4v) is 2.44. The number of hydrogen-bond donors (Lipinski definition) is 2. The van der Waals surface area contributed by atoms with E-state index in [0.29, 0.717) is 41.5 Å². The van der Waals surface area contributed by atoms with Gasteiger partial charge >= 0.3 is 6.09 Å². The highest BCUT2D eigenvalue weighted by molar-refractivity contribution is 6.42. The zero-order valence-corrected chi connectivity index (χ0v) is 11.1. The van der Waals surface area contributed by atoms with Crippen LogP contribution in [0.1, 0.15) is 18.4 Å². The molecule has 0 unspecified atom stereocenters. The van der Waals surface area contributed by atoms with Gasteiger partial charge in [0, 0.05) is 13.1 Å². The fourth-order valence-electron chi connectivity index (χ4n) is 2.14.